The first-order valence-corrected chi connectivity index (χ1v) is 11.4. The molecule has 4 aromatic rings. The molecule has 0 atom stereocenters. The van der Waals surface area contributed by atoms with Gasteiger partial charge in [-0.05, 0) is 41.0 Å². The van der Waals surface area contributed by atoms with E-state index < -0.39 is 9.84 Å². The molecule has 0 fully saturated rings. The van der Waals surface area contributed by atoms with Gasteiger partial charge < -0.3 is 0 Å². The molecular weight excluding hydrogens is 415 g/mol. The van der Waals surface area contributed by atoms with Crippen LogP contribution in [0.1, 0.15) is 5.56 Å². The molecule has 0 amide bonds. The van der Waals surface area contributed by atoms with Crippen molar-refractivity contribution in [2.24, 2.45) is 0 Å². The van der Waals surface area contributed by atoms with Crippen molar-refractivity contribution in [1.29, 1.82) is 0 Å². The summed E-state index contributed by atoms with van der Waals surface area (Å²) in [4.78, 5) is 13.6. The summed E-state index contributed by atoms with van der Waals surface area (Å²) in [5.74, 6) is -0.345. The van der Waals surface area contributed by atoms with E-state index in [4.69, 9.17) is 0 Å². The second-order valence-electron chi connectivity index (χ2n) is 7.19. The van der Waals surface area contributed by atoms with Crippen LogP contribution in [-0.2, 0) is 16.4 Å². The molecule has 0 aliphatic heterocycles. The van der Waals surface area contributed by atoms with Crippen molar-refractivity contribution < 1.29 is 12.8 Å². The molecule has 0 saturated carbocycles. The molecule has 0 spiro atoms. The predicted octanol–water partition coefficient (Wildman–Crippen LogP) is 4.17. The molecule has 0 unspecified atom stereocenters. The minimum Gasteiger partial charge on any atom is -0.267 e. The van der Waals surface area contributed by atoms with Crippen LogP contribution in [0.25, 0.3) is 22.3 Å². The van der Waals surface area contributed by atoms with Crippen LogP contribution >= 0.6 is 0 Å². The van der Waals surface area contributed by atoms with Gasteiger partial charge in [0, 0.05) is 11.8 Å². The second-order valence-corrected chi connectivity index (χ2v) is 9.20. The Morgan fingerprint density at radius 1 is 0.871 bits per heavy atom. The quantitative estimate of drug-likeness (QED) is 0.473. The molecule has 5 nitrogen and oxygen atoms in total. The van der Waals surface area contributed by atoms with E-state index in [0.29, 0.717) is 16.7 Å². The summed E-state index contributed by atoms with van der Waals surface area (Å²) in [6.07, 6.45) is 2.75. The largest absolute Gasteiger partial charge is 0.275 e. The number of hydrogen-bond donors (Lipinski definition) is 0. The van der Waals surface area contributed by atoms with E-state index in [1.165, 1.54) is 28.9 Å². The summed E-state index contributed by atoms with van der Waals surface area (Å²) >= 11 is 0. The van der Waals surface area contributed by atoms with E-state index in [9.17, 15) is 17.6 Å². The van der Waals surface area contributed by atoms with E-state index in [1.807, 2.05) is 30.3 Å². The lowest BCUT2D eigenvalue weighted by atomic mass is 9.97. The molecule has 0 bridgehead atoms. The fourth-order valence-electron chi connectivity index (χ4n) is 3.35. The predicted molar refractivity (Wildman–Crippen MR) is 118 cm³/mol. The van der Waals surface area contributed by atoms with Gasteiger partial charge in [-0.25, -0.2) is 17.5 Å². The summed E-state index contributed by atoms with van der Waals surface area (Å²) in [5.41, 5.74) is 2.94. The van der Waals surface area contributed by atoms with Gasteiger partial charge in [0.2, 0.25) is 0 Å². The molecule has 3 aromatic carbocycles. The molecular formula is C24H19FN2O3S. The molecule has 1 aromatic heterocycles. The molecule has 0 N–H and O–H groups in total. The third kappa shape index (κ3) is 4.46. The Bertz CT molecular complexity index is 1380. The highest BCUT2D eigenvalue weighted by molar-refractivity contribution is 7.90. The highest BCUT2D eigenvalue weighted by atomic mass is 32.2. The average Bonchev–Trinajstić information content (AvgIpc) is 2.76. The molecule has 0 aliphatic rings. The van der Waals surface area contributed by atoms with Crippen molar-refractivity contribution >= 4 is 9.84 Å². The molecule has 0 saturated heterocycles. The minimum atomic E-state index is -3.32. The first-order chi connectivity index (χ1) is 14.8. The molecule has 7 heteroatoms. The minimum absolute atomic E-state index is 0.201. The maximum Gasteiger partial charge on any atom is 0.275 e. The van der Waals surface area contributed by atoms with Crippen molar-refractivity contribution in [2.75, 3.05) is 6.26 Å². The van der Waals surface area contributed by atoms with Gasteiger partial charge in [0.25, 0.3) is 5.56 Å². The number of halogens is 1. The number of sulfone groups is 1. The lowest BCUT2D eigenvalue weighted by Gasteiger charge is -2.13. The van der Waals surface area contributed by atoms with Gasteiger partial charge in [0.15, 0.2) is 9.84 Å². The average molecular weight is 434 g/mol. The van der Waals surface area contributed by atoms with E-state index >= 15 is 0 Å². The van der Waals surface area contributed by atoms with Crippen molar-refractivity contribution in [2.45, 2.75) is 11.4 Å². The van der Waals surface area contributed by atoms with E-state index in [1.54, 1.807) is 30.5 Å². The molecule has 156 valence electrons. The lowest BCUT2D eigenvalue weighted by molar-refractivity contribution is 0.602. The Labute approximate surface area is 179 Å². The highest BCUT2D eigenvalue weighted by Crippen LogP contribution is 2.29. The summed E-state index contributed by atoms with van der Waals surface area (Å²) in [6.45, 7) is 0.201. The van der Waals surface area contributed by atoms with Crippen molar-refractivity contribution in [3.63, 3.8) is 0 Å². The number of hydrogen-bond acceptors (Lipinski definition) is 4. The van der Waals surface area contributed by atoms with E-state index in [0.717, 1.165) is 17.4 Å². The zero-order valence-electron chi connectivity index (χ0n) is 16.7. The fourth-order valence-corrected chi connectivity index (χ4v) is 3.98. The molecule has 0 aliphatic carbocycles. The van der Waals surface area contributed by atoms with Crippen LogP contribution < -0.4 is 5.56 Å². The third-order valence-electron chi connectivity index (χ3n) is 4.95. The Kier molecular flexibility index (Phi) is 5.52. The van der Waals surface area contributed by atoms with Crippen molar-refractivity contribution in [1.82, 2.24) is 9.78 Å². The Morgan fingerprint density at radius 2 is 1.52 bits per heavy atom. The smallest absolute Gasteiger partial charge is 0.267 e. The standard InChI is InChI=1S/C24H19FN2O3S/c1-31(29,30)21-13-9-18(10-14-21)22-15-26-27(16-17-7-11-20(25)12-8-17)24(28)23(22)19-5-3-2-4-6-19/h2-15H,16H2,1H3. The van der Waals surface area contributed by atoms with Gasteiger partial charge in [-0.3, -0.25) is 4.79 Å². The zero-order valence-corrected chi connectivity index (χ0v) is 17.5. The second kappa shape index (κ2) is 8.28. The van der Waals surface area contributed by atoms with Crippen LogP contribution in [0, 0.1) is 5.82 Å². The summed E-state index contributed by atoms with van der Waals surface area (Å²) in [5, 5.41) is 4.32. The molecule has 4 rings (SSSR count). The number of aromatic nitrogens is 2. The van der Waals surface area contributed by atoms with Crippen molar-refractivity contribution in [3.8, 4) is 22.3 Å². The normalized spacial score (nSPS) is 11.4. The van der Waals surface area contributed by atoms with Crippen LogP contribution in [0.15, 0.2) is 94.7 Å². The van der Waals surface area contributed by atoms with Gasteiger partial charge in [0.05, 0.1) is 23.2 Å². The lowest BCUT2D eigenvalue weighted by Crippen LogP contribution is -2.25. The maximum atomic E-state index is 13.4. The zero-order chi connectivity index (χ0) is 22.0. The summed E-state index contributed by atoms with van der Waals surface area (Å²) in [7, 11) is -3.32. The monoisotopic (exact) mass is 434 g/mol. The number of nitrogens with zero attached hydrogens (tertiary/aromatic N) is 2. The van der Waals surface area contributed by atoms with Gasteiger partial charge >= 0.3 is 0 Å². The topological polar surface area (TPSA) is 69.0 Å². The SMILES string of the molecule is CS(=O)(=O)c1ccc(-c2cnn(Cc3ccc(F)cc3)c(=O)c2-c2ccccc2)cc1. The summed E-state index contributed by atoms with van der Waals surface area (Å²) in [6, 6.07) is 21.5. The molecule has 31 heavy (non-hydrogen) atoms. The van der Waals surface area contributed by atoms with E-state index in [-0.39, 0.29) is 22.8 Å². The fraction of sp³-hybridized carbons (Fsp3) is 0.0833. The third-order valence-corrected chi connectivity index (χ3v) is 6.07. The Balaban J connectivity index is 1.85. The van der Waals surface area contributed by atoms with Crippen LogP contribution in [0.2, 0.25) is 0 Å². The van der Waals surface area contributed by atoms with Crippen molar-refractivity contribution in [3.05, 3.63) is 107 Å². The van der Waals surface area contributed by atoms with Gasteiger partial charge in [-0.2, -0.15) is 5.10 Å². The molecule has 0 radical (unpaired) electrons. The summed E-state index contributed by atoms with van der Waals surface area (Å²) < 4.78 is 38.1. The number of benzene rings is 3. The highest BCUT2D eigenvalue weighted by Gasteiger charge is 2.16. The van der Waals surface area contributed by atoms with Gasteiger partial charge in [-0.1, -0.05) is 54.6 Å². The van der Waals surface area contributed by atoms with Crippen LogP contribution in [0.3, 0.4) is 0 Å². The Hall–Kier alpha value is -3.58. The van der Waals surface area contributed by atoms with Crippen LogP contribution in [0.4, 0.5) is 4.39 Å². The van der Waals surface area contributed by atoms with Gasteiger partial charge in [0.1, 0.15) is 5.82 Å². The van der Waals surface area contributed by atoms with Gasteiger partial charge in [-0.15, -0.1) is 0 Å². The maximum absolute atomic E-state index is 13.4. The first kappa shape index (κ1) is 20.7. The number of rotatable bonds is 5. The Morgan fingerprint density at radius 3 is 2.13 bits per heavy atom. The van der Waals surface area contributed by atoms with Crippen LogP contribution in [0.5, 0.6) is 0 Å². The molecule has 1 heterocycles. The first-order valence-electron chi connectivity index (χ1n) is 9.53. The van der Waals surface area contributed by atoms with Crippen LogP contribution in [-0.4, -0.2) is 24.5 Å². The van der Waals surface area contributed by atoms with E-state index in [2.05, 4.69) is 5.10 Å².